The number of nitrogen functional groups attached to an aromatic ring is 1. The van der Waals surface area contributed by atoms with Crippen molar-refractivity contribution in [2.75, 3.05) is 12.0 Å². The number of carbonyl (C=O) groups is 1. The molecule has 0 spiro atoms. The number of hydrogen-bond acceptors (Lipinski definition) is 3. The van der Waals surface area contributed by atoms with Crippen LogP contribution in [-0.2, 0) is 0 Å². The van der Waals surface area contributed by atoms with Gasteiger partial charge in [-0.2, -0.15) is 0 Å². The predicted molar refractivity (Wildman–Crippen MR) is 85.0 cm³/mol. The highest BCUT2D eigenvalue weighted by Crippen LogP contribution is 2.36. The van der Waals surface area contributed by atoms with Crippen LogP contribution in [0.25, 0.3) is 0 Å². The maximum atomic E-state index is 13.0. The number of carbonyl (C=O) groups excluding carboxylic acids is 1. The number of amides is 1. The summed E-state index contributed by atoms with van der Waals surface area (Å²) in [5, 5.41) is 0. The molecule has 3 N–H and O–H groups in total. The summed E-state index contributed by atoms with van der Waals surface area (Å²) >= 11 is 0. The van der Waals surface area contributed by atoms with E-state index in [1.807, 2.05) is 25.1 Å². The lowest BCUT2D eigenvalue weighted by atomic mass is 9.78. The van der Waals surface area contributed by atoms with E-state index >= 15 is 0 Å². The molecule has 1 aliphatic carbocycles. The molecule has 114 valence electrons. The smallest absolute Gasteiger partial charge is 0.256 e. The number of fused-ring (bicyclic) bond motifs is 1. The molecule has 4 nitrogen and oxygen atoms in total. The van der Waals surface area contributed by atoms with Crippen LogP contribution >= 0.6 is 0 Å². The zero-order valence-electron chi connectivity index (χ0n) is 12.8. The van der Waals surface area contributed by atoms with Gasteiger partial charge in [0.25, 0.3) is 5.91 Å². The Morgan fingerprint density at radius 1 is 1.24 bits per heavy atom. The largest absolute Gasteiger partial charge is 0.335 e. The molecule has 1 saturated carbocycles. The fourth-order valence-corrected chi connectivity index (χ4v) is 3.99. The number of hydrogen-bond donors (Lipinski definition) is 2. The standard InChI is InChI=1S/C17H25N3O/c1-12-8-9-15(19-18)14(11-12)17(21)20-10-4-6-13-5-2-3-7-16(13)20/h8-9,11,13,16,19H,2-7,10,18H2,1H3/t13-,16-/m1/s1. The molecule has 3 rings (SSSR count). The summed E-state index contributed by atoms with van der Waals surface area (Å²) in [4.78, 5) is 15.1. The molecule has 1 aliphatic heterocycles. The average molecular weight is 287 g/mol. The Bertz CT molecular complexity index is 527. The molecule has 1 aromatic carbocycles. The molecule has 1 heterocycles. The number of rotatable bonds is 2. The van der Waals surface area contributed by atoms with E-state index in [2.05, 4.69) is 10.3 Å². The van der Waals surface area contributed by atoms with Crippen LogP contribution in [0.2, 0.25) is 0 Å². The molecule has 21 heavy (non-hydrogen) atoms. The Balaban J connectivity index is 1.88. The van der Waals surface area contributed by atoms with Crippen LogP contribution in [0.5, 0.6) is 0 Å². The van der Waals surface area contributed by atoms with Crippen LogP contribution in [0.15, 0.2) is 18.2 Å². The number of aryl methyl sites for hydroxylation is 1. The lowest BCUT2D eigenvalue weighted by Crippen LogP contribution is -2.49. The summed E-state index contributed by atoms with van der Waals surface area (Å²) in [6.07, 6.45) is 7.43. The molecule has 2 atom stereocenters. The van der Waals surface area contributed by atoms with E-state index in [4.69, 9.17) is 5.84 Å². The van der Waals surface area contributed by atoms with E-state index < -0.39 is 0 Å². The van der Waals surface area contributed by atoms with Gasteiger partial charge in [0.15, 0.2) is 0 Å². The minimum absolute atomic E-state index is 0.142. The van der Waals surface area contributed by atoms with Crippen LogP contribution in [0, 0.1) is 12.8 Å². The fraction of sp³-hybridized carbons (Fsp3) is 0.588. The number of nitrogens with two attached hydrogens (primary N) is 1. The first kappa shape index (κ1) is 14.4. The SMILES string of the molecule is Cc1ccc(NN)c(C(=O)N2CCC[C@H]3CCCC[C@H]32)c1. The maximum absolute atomic E-state index is 13.0. The van der Waals surface area contributed by atoms with Gasteiger partial charge in [-0.1, -0.05) is 24.5 Å². The number of hydrazine groups is 1. The Labute approximate surface area is 126 Å². The highest BCUT2D eigenvalue weighted by Gasteiger charge is 2.36. The average Bonchev–Trinajstić information content (AvgIpc) is 2.53. The highest BCUT2D eigenvalue weighted by molar-refractivity contribution is 6.00. The van der Waals surface area contributed by atoms with Crippen molar-refractivity contribution < 1.29 is 4.79 Å². The van der Waals surface area contributed by atoms with Gasteiger partial charge in [-0.25, -0.2) is 0 Å². The van der Waals surface area contributed by atoms with E-state index in [0.29, 0.717) is 17.5 Å². The number of piperidine rings is 1. The van der Waals surface area contributed by atoms with Crippen molar-refractivity contribution in [3.05, 3.63) is 29.3 Å². The van der Waals surface area contributed by atoms with Gasteiger partial charge in [0, 0.05) is 12.6 Å². The van der Waals surface area contributed by atoms with Crippen molar-refractivity contribution in [1.82, 2.24) is 4.90 Å². The quantitative estimate of drug-likeness (QED) is 0.649. The van der Waals surface area contributed by atoms with Crippen molar-refractivity contribution >= 4 is 11.6 Å². The third-order valence-corrected chi connectivity index (χ3v) is 5.07. The monoisotopic (exact) mass is 287 g/mol. The highest BCUT2D eigenvalue weighted by atomic mass is 16.2. The molecular formula is C17H25N3O. The van der Waals surface area contributed by atoms with E-state index in [-0.39, 0.29) is 5.91 Å². The summed E-state index contributed by atoms with van der Waals surface area (Å²) in [6, 6.07) is 6.26. The first-order chi connectivity index (χ1) is 10.2. The minimum atomic E-state index is 0.142. The Hall–Kier alpha value is -1.55. The second-order valence-corrected chi connectivity index (χ2v) is 6.45. The van der Waals surface area contributed by atoms with Crippen molar-refractivity contribution in [2.24, 2.45) is 11.8 Å². The summed E-state index contributed by atoms with van der Waals surface area (Å²) in [6.45, 7) is 2.90. The van der Waals surface area contributed by atoms with Crippen molar-refractivity contribution in [1.29, 1.82) is 0 Å². The molecule has 1 saturated heterocycles. The fourth-order valence-electron chi connectivity index (χ4n) is 3.99. The summed E-state index contributed by atoms with van der Waals surface area (Å²) in [5.41, 5.74) is 5.20. The van der Waals surface area contributed by atoms with E-state index in [0.717, 1.165) is 30.6 Å². The van der Waals surface area contributed by atoms with Crippen LogP contribution in [0.4, 0.5) is 5.69 Å². The molecule has 2 aliphatic rings. The summed E-state index contributed by atoms with van der Waals surface area (Å²) in [5.74, 6) is 6.43. The van der Waals surface area contributed by atoms with Crippen molar-refractivity contribution in [2.45, 2.75) is 51.5 Å². The number of nitrogens with one attached hydrogen (secondary N) is 1. The van der Waals surface area contributed by atoms with Gasteiger partial charge in [-0.05, 0) is 50.7 Å². The normalized spacial score (nSPS) is 25.3. The number of likely N-dealkylation sites (tertiary alicyclic amines) is 1. The Morgan fingerprint density at radius 3 is 2.81 bits per heavy atom. The van der Waals surface area contributed by atoms with Crippen LogP contribution in [-0.4, -0.2) is 23.4 Å². The van der Waals surface area contributed by atoms with Gasteiger partial charge in [-0.3, -0.25) is 10.6 Å². The zero-order valence-corrected chi connectivity index (χ0v) is 12.8. The van der Waals surface area contributed by atoms with E-state index in [1.165, 1.54) is 25.7 Å². The number of anilines is 1. The second-order valence-electron chi connectivity index (χ2n) is 6.45. The van der Waals surface area contributed by atoms with Crippen LogP contribution in [0.1, 0.15) is 54.4 Å². The second kappa shape index (κ2) is 6.06. The zero-order chi connectivity index (χ0) is 14.8. The van der Waals surface area contributed by atoms with E-state index in [1.54, 1.807) is 0 Å². The van der Waals surface area contributed by atoms with Gasteiger partial charge in [-0.15, -0.1) is 0 Å². The van der Waals surface area contributed by atoms with Gasteiger partial charge in [0.1, 0.15) is 0 Å². The predicted octanol–water partition coefficient (Wildman–Crippen LogP) is 3.08. The summed E-state index contributed by atoms with van der Waals surface area (Å²) < 4.78 is 0. The molecule has 0 unspecified atom stereocenters. The van der Waals surface area contributed by atoms with Gasteiger partial charge in [0.05, 0.1) is 11.3 Å². The molecule has 1 amide bonds. The van der Waals surface area contributed by atoms with Gasteiger partial charge < -0.3 is 10.3 Å². The third-order valence-electron chi connectivity index (χ3n) is 5.07. The topological polar surface area (TPSA) is 58.4 Å². The lowest BCUT2D eigenvalue weighted by molar-refractivity contribution is 0.0391. The molecule has 1 aromatic rings. The number of benzene rings is 1. The lowest BCUT2D eigenvalue weighted by Gasteiger charge is -2.44. The molecule has 4 heteroatoms. The van der Waals surface area contributed by atoms with Crippen molar-refractivity contribution in [3.63, 3.8) is 0 Å². The van der Waals surface area contributed by atoms with Crippen molar-refractivity contribution in [3.8, 4) is 0 Å². The van der Waals surface area contributed by atoms with Gasteiger partial charge >= 0.3 is 0 Å². The minimum Gasteiger partial charge on any atom is -0.335 e. The van der Waals surface area contributed by atoms with Crippen LogP contribution in [0.3, 0.4) is 0 Å². The summed E-state index contributed by atoms with van der Waals surface area (Å²) in [7, 11) is 0. The first-order valence-electron chi connectivity index (χ1n) is 8.09. The third kappa shape index (κ3) is 2.77. The van der Waals surface area contributed by atoms with Crippen LogP contribution < -0.4 is 11.3 Å². The molecule has 0 bridgehead atoms. The Morgan fingerprint density at radius 2 is 2.00 bits per heavy atom. The Kier molecular flexibility index (Phi) is 4.15. The molecular weight excluding hydrogens is 262 g/mol. The number of nitrogens with zero attached hydrogens (tertiary/aromatic N) is 1. The first-order valence-corrected chi connectivity index (χ1v) is 8.09. The maximum Gasteiger partial charge on any atom is 0.256 e. The molecule has 0 aromatic heterocycles. The van der Waals surface area contributed by atoms with E-state index in [9.17, 15) is 4.79 Å². The molecule has 2 fully saturated rings. The molecule has 0 radical (unpaired) electrons. The van der Waals surface area contributed by atoms with Gasteiger partial charge in [0.2, 0.25) is 0 Å².